The van der Waals surface area contributed by atoms with Crippen molar-refractivity contribution in [3.8, 4) is 11.1 Å². The van der Waals surface area contributed by atoms with Crippen LogP contribution in [0.4, 0.5) is 5.69 Å². The maximum atomic E-state index is 10.0. The van der Waals surface area contributed by atoms with Crippen molar-refractivity contribution in [3.05, 3.63) is 47.6 Å². The summed E-state index contributed by atoms with van der Waals surface area (Å²) < 4.78 is 0. The number of benzene rings is 1. The standard InChI is InChI=1S/C22H27ClN4O/c1-13(2)8-14(3)27-20-17-9-15(6-7-19(17)24-12-18(20)23)16-10-25-21(26-11-16)22(4,5)28/h6-7,9-14,28H,8H2,1-5H3,(H,24,27). The first-order valence-corrected chi connectivity index (χ1v) is 9.93. The fourth-order valence-electron chi connectivity index (χ4n) is 3.30. The maximum Gasteiger partial charge on any atom is 0.159 e. The van der Waals surface area contributed by atoms with Crippen molar-refractivity contribution in [2.75, 3.05) is 5.32 Å². The van der Waals surface area contributed by atoms with Crippen molar-refractivity contribution in [1.82, 2.24) is 15.0 Å². The Kier molecular flexibility index (Phi) is 5.87. The molecule has 2 heterocycles. The summed E-state index contributed by atoms with van der Waals surface area (Å²) in [6.45, 7) is 9.92. The Morgan fingerprint density at radius 2 is 1.71 bits per heavy atom. The molecule has 1 aromatic carbocycles. The lowest BCUT2D eigenvalue weighted by Gasteiger charge is -2.20. The van der Waals surface area contributed by atoms with E-state index in [4.69, 9.17) is 11.6 Å². The van der Waals surface area contributed by atoms with Gasteiger partial charge in [-0.05, 0) is 50.8 Å². The van der Waals surface area contributed by atoms with Crippen molar-refractivity contribution in [2.24, 2.45) is 5.92 Å². The molecule has 0 radical (unpaired) electrons. The fraction of sp³-hybridized carbons (Fsp3) is 0.409. The smallest absolute Gasteiger partial charge is 0.159 e. The van der Waals surface area contributed by atoms with Crippen LogP contribution in [0.3, 0.4) is 0 Å². The van der Waals surface area contributed by atoms with Crippen LogP contribution in [-0.4, -0.2) is 26.1 Å². The van der Waals surface area contributed by atoms with Crippen molar-refractivity contribution < 1.29 is 5.11 Å². The van der Waals surface area contributed by atoms with Crippen molar-refractivity contribution in [3.63, 3.8) is 0 Å². The molecule has 2 aromatic heterocycles. The molecule has 0 aliphatic heterocycles. The summed E-state index contributed by atoms with van der Waals surface area (Å²) >= 11 is 6.48. The summed E-state index contributed by atoms with van der Waals surface area (Å²) in [5.74, 6) is 0.989. The van der Waals surface area contributed by atoms with Gasteiger partial charge in [-0.1, -0.05) is 31.5 Å². The largest absolute Gasteiger partial charge is 0.382 e. The van der Waals surface area contributed by atoms with Gasteiger partial charge in [0.2, 0.25) is 0 Å². The van der Waals surface area contributed by atoms with Gasteiger partial charge in [0.25, 0.3) is 0 Å². The van der Waals surface area contributed by atoms with E-state index in [1.165, 1.54) is 0 Å². The third kappa shape index (κ3) is 4.59. The van der Waals surface area contributed by atoms with E-state index in [0.29, 0.717) is 22.8 Å². The molecule has 0 aliphatic carbocycles. The van der Waals surface area contributed by atoms with E-state index in [1.807, 2.05) is 12.1 Å². The lowest BCUT2D eigenvalue weighted by Crippen LogP contribution is -2.19. The van der Waals surface area contributed by atoms with E-state index in [0.717, 1.165) is 34.1 Å². The fourth-order valence-corrected chi connectivity index (χ4v) is 3.51. The molecule has 1 unspecified atom stereocenters. The highest BCUT2D eigenvalue weighted by atomic mass is 35.5. The van der Waals surface area contributed by atoms with E-state index in [1.54, 1.807) is 32.4 Å². The van der Waals surface area contributed by atoms with E-state index in [9.17, 15) is 5.11 Å². The van der Waals surface area contributed by atoms with Crippen LogP contribution in [0, 0.1) is 5.92 Å². The molecular formula is C22H27ClN4O. The SMILES string of the molecule is CC(C)CC(C)Nc1c(Cl)cnc2ccc(-c3cnc(C(C)(C)O)nc3)cc12. The molecule has 3 aromatic rings. The summed E-state index contributed by atoms with van der Waals surface area (Å²) in [5.41, 5.74) is 2.55. The Labute approximate surface area is 171 Å². The highest BCUT2D eigenvalue weighted by Gasteiger charge is 2.19. The van der Waals surface area contributed by atoms with Crippen molar-refractivity contribution >= 4 is 28.2 Å². The van der Waals surface area contributed by atoms with E-state index in [2.05, 4.69) is 47.1 Å². The monoisotopic (exact) mass is 398 g/mol. The topological polar surface area (TPSA) is 70.9 Å². The second-order valence-electron chi connectivity index (χ2n) is 8.24. The Bertz CT molecular complexity index is 965. The summed E-state index contributed by atoms with van der Waals surface area (Å²) in [6.07, 6.45) is 6.20. The molecule has 6 heteroatoms. The molecule has 148 valence electrons. The molecule has 3 rings (SSSR count). The second-order valence-corrected chi connectivity index (χ2v) is 8.65. The average Bonchev–Trinajstić information content (AvgIpc) is 2.62. The van der Waals surface area contributed by atoms with Gasteiger partial charge in [-0.2, -0.15) is 0 Å². The Morgan fingerprint density at radius 1 is 1.04 bits per heavy atom. The van der Waals surface area contributed by atoms with Crippen molar-refractivity contribution in [2.45, 2.75) is 52.7 Å². The van der Waals surface area contributed by atoms with Crippen LogP contribution in [-0.2, 0) is 5.60 Å². The second kappa shape index (κ2) is 8.02. The first kappa shape index (κ1) is 20.5. The van der Waals surface area contributed by atoms with E-state index in [-0.39, 0.29) is 0 Å². The third-order valence-corrected chi connectivity index (χ3v) is 4.86. The van der Waals surface area contributed by atoms with E-state index >= 15 is 0 Å². The Hall–Kier alpha value is -2.24. The number of rotatable bonds is 6. The van der Waals surface area contributed by atoms with Crippen LogP contribution in [0.25, 0.3) is 22.0 Å². The van der Waals surface area contributed by atoms with Gasteiger partial charge in [-0.3, -0.25) is 4.98 Å². The average molecular weight is 399 g/mol. The molecular weight excluding hydrogens is 372 g/mol. The molecule has 0 saturated heterocycles. The number of pyridine rings is 1. The molecule has 5 nitrogen and oxygen atoms in total. The zero-order valence-electron chi connectivity index (χ0n) is 17.0. The third-order valence-electron chi connectivity index (χ3n) is 4.57. The number of hydrogen-bond donors (Lipinski definition) is 2. The molecule has 1 atom stereocenters. The molecule has 28 heavy (non-hydrogen) atoms. The number of fused-ring (bicyclic) bond motifs is 1. The van der Waals surface area contributed by atoms with Crippen LogP contribution in [0.2, 0.25) is 5.02 Å². The van der Waals surface area contributed by atoms with Gasteiger partial charge < -0.3 is 10.4 Å². The van der Waals surface area contributed by atoms with Crippen LogP contribution in [0.1, 0.15) is 46.9 Å². The summed E-state index contributed by atoms with van der Waals surface area (Å²) in [4.78, 5) is 13.1. The molecule has 0 bridgehead atoms. The maximum absolute atomic E-state index is 10.0. The Balaban J connectivity index is 2.01. The van der Waals surface area contributed by atoms with Gasteiger partial charge in [-0.15, -0.1) is 0 Å². The summed E-state index contributed by atoms with van der Waals surface area (Å²) in [7, 11) is 0. The summed E-state index contributed by atoms with van der Waals surface area (Å²) in [6, 6.07) is 6.32. The Morgan fingerprint density at radius 3 is 2.32 bits per heavy atom. The number of aromatic nitrogens is 3. The minimum absolute atomic E-state index is 0.293. The zero-order valence-corrected chi connectivity index (χ0v) is 17.7. The van der Waals surface area contributed by atoms with Crippen LogP contribution >= 0.6 is 11.6 Å². The van der Waals surface area contributed by atoms with Gasteiger partial charge in [0.05, 0.1) is 16.2 Å². The number of nitrogens with zero attached hydrogens (tertiary/aromatic N) is 3. The van der Waals surface area contributed by atoms with Crippen LogP contribution in [0.15, 0.2) is 36.8 Å². The first-order chi connectivity index (χ1) is 13.1. The molecule has 0 fully saturated rings. The molecule has 2 N–H and O–H groups in total. The number of nitrogens with one attached hydrogen (secondary N) is 1. The first-order valence-electron chi connectivity index (χ1n) is 9.55. The molecule has 0 aliphatic rings. The minimum atomic E-state index is -1.07. The molecule has 0 saturated carbocycles. The van der Waals surface area contributed by atoms with Gasteiger partial charge in [0, 0.05) is 35.6 Å². The number of anilines is 1. The number of hydrogen-bond acceptors (Lipinski definition) is 5. The highest BCUT2D eigenvalue weighted by Crippen LogP contribution is 2.33. The van der Waals surface area contributed by atoms with Gasteiger partial charge in [-0.25, -0.2) is 9.97 Å². The van der Waals surface area contributed by atoms with Gasteiger partial charge >= 0.3 is 0 Å². The van der Waals surface area contributed by atoms with Crippen molar-refractivity contribution in [1.29, 1.82) is 0 Å². The predicted molar refractivity (Wildman–Crippen MR) is 116 cm³/mol. The van der Waals surface area contributed by atoms with Gasteiger partial charge in [0.1, 0.15) is 5.60 Å². The van der Waals surface area contributed by atoms with Crippen LogP contribution < -0.4 is 5.32 Å². The number of aliphatic hydroxyl groups is 1. The molecule has 0 amide bonds. The lowest BCUT2D eigenvalue weighted by molar-refractivity contribution is 0.0687. The zero-order chi connectivity index (χ0) is 20.5. The van der Waals surface area contributed by atoms with Crippen LogP contribution in [0.5, 0.6) is 0 Å². The lowest BCUT2D eigenvalue weighted by atomic mass is 10.0. The minimum Gasteiger partial charge on any atom is -0.382 e. The number of halogens is 1. The van der Waals surface area contributed by atoms with Gasteiger partial charge in [0.15, 0.2) is 5.82 Å². The normalized spacial score (nSPS) is 13.1. The predicted octanol–water partition coefficient (Wildman–Crippen LogP) is 5.42. The van der Waals surface area contributed by atoms with E-state index < -0.39 is 5.60 Å². The highest BCUT2D eigenvalue weighted by molar-refractivity contribution is 6.34. The quantitative estimate of drug-likeness (QED) is 0.580. The molecule has 0 spiro atoms. The summed E-state index contributed by atoms with van der Waals surface area (Å²) in [5, 5.41) is 15.2.